The minimum Gasteiger partial charge on any atom is -0.455 e. The number of halogens is 1. The number of hydrogen-bond donors (Lipinski definition) is 2. The molecule has 2 N–H and O–H groups in total. The number of sulfonamides is 1. The van der Waals surface area contributed by atoms with Gasteiger partial charge in [-0.25, -0.2) is 12.8 Å². The van der Waals surface area contributed by atoms with Gasteiger partial charge < -0.3 is 14.3 Å². The molecule has 2 heterocycles. The summed E-state index contributed by atoms with van der Waals surface area (Å²) < 4.78 is 51.9. The maximum absolute atomic E-state index is 13.5. The Labute approximate surface area is 196 Å². The van der Waals surface area contributed by atoms with Gasteiger partial charge in [0.1, 0.15) is 22.9 Å². The molecule has 4 rings (SSSR count). The quantitative estimate of drug-likeness (QED) is 0.390. The Balaban J connectivity index is 2.09. The summed E-state index contributed by atoms with van der Waals surface area (Å²) in [4.78, 5) is 12.9. The van der Waals surface area contributed by atoms with Gasteiger partial charge in [0.25, 0.3) is 5.91 Å². The second-order valence-corrected chi connectivity index (χ2v) is 9.54. The Morgan fingerprint density at radius 2 is 1.82 bits per heavy atom. The van der Waals surface area contributed by atoms with Crippen molar-refractivity contribution in [1.82, 2.24) is 10.5 Å². The average molecular weight is 486 g/mol. The van der Waals surface area contributed by atoms with Crippen LogP contribution in [0.15, 0.2) is 45.3 Å². The number of aromatic nitrogens is 1. The van der Waals surface area contributed by atoms with Crippen molar-refractivity contribution < 1.29 is 26.5 Å². The van der Waals surface area contributed by atoms with Crippen LogP contribution in [0.1, 0.15) is 35.7 Å². The summed E-state index contributed by atoms with van der Waals surface area (Å²) in [6.07, 6.45) is 2.15. The molecule has 4 aromatic rings. The first-order valence-corrected chi connectivity index (χ1v) is 12.6. The SMILES string of the molecule is CCc1noc(CC)c1-c1cc2c(C(=O)NC)c(-c3ccc(F)cc3)oc2cc1NS(C)(=O)=O. The highest BCUT2D eigenvalue weighted by molar-refractivity contribution is 7.92. The van der Waals surface area contributed by atoms with Gasteiger partial charge in [-0.05, 0) is 36.8 Å². The number of carbonyl (C=O) groups is 1. The van der Waals surface area contributed by atoms with Crippen molar-refractivity contribution >= 4 is 32.6 Å². The summed E-state index contributed by atoms with van der Waals surface area (Å²) in [6.45, 7) is 3.83. The number of carbonyl (C=O) groups excluding carboxylic acids is 1. The minimum absolute atomic E-state index is 0.244. The van der Waals surface area contributed by atoms with E-state index in [4.69, 9.17) is 8.94 Å². The fourth-order valence-corrected chi connectivity index (χ4v) is 4.51. The van der Waals surface area contributed by atoms with Crippen LogP contribution in [0.3, 0.4) is 0 Å². The highest BCUT2D eigenvalue weighted by Gasteiger charge is 2.26. The van der Waals surface area contributed by atoms with Crippen LogP contribution in [-0.4, -0.2) is 32.8 Å². The normalized spacial score (nSPS) is 11.7. The van der Waals surface area contributed by atoms with E-state index in [2.05, 4.69) is 15.2 Å². The van der Waals surface area contributed by atoms with Gasteiger partial charge in [-0.3, -0.25) is 9.52 Å². The number of benzene rings is 2. The zero-order chi connectivity index (χ0) is 24.6. The van der Waals surface area contributed by atoms with Gasteiger partial charge in [-0.2, -0.15) is 0 Å². The van der Waals surface area contributed by atoms with E-state index in [0.717, 1.165) is 6.26 Å². The topological polar surface area (TPSA) is 114 Å². The fourth-order valence-electron chi connectivity index (χ4n) is 3.94. The maximum atomic E-state index is 13.5. The number of nitrogens with one attached hydrogen (secondary N) is 2. The smallest absolute Gasteiger partial charge is 0.255 e. The molecular weight excluding hydrogens is 461 g/mol. The number of anilines is 1. The summed E-state index contributed by atoms with van der Waals surface area (Å²) in [6, 6.07) is 8.82. The van der Waals surface area contributed by atoms with E-state index in [1.165, 1.54) is 37.4 Å². The van der Waals surface area contributed by atoms with Crippen molar-refractivity contribution in [3.8, 4) is 22.5 Å². The average Bonchev–Trinajstić information content (AvgIpc) is 3.38. The standard InChI is InChI=1S/C24H24FN3O5S/c1-5-17-21(19(6-2)33-27-17)15-11-16-20(12-18(15)28-34(4,30)31)32-23(22(16)24(29)26-3)13-7-9-14(25)10-8-13/h7-12,28H,5-6H2,1-4H3,(H,26,29). The molecule has 2 aromatic carbocycles. The number of rotatable bonds is 7. The van der Waals surface area contributed by atoms with Crippen molar-refractivity contribution in [2.24, 2.45) is 0 Å². The molecule has 1 amide bonds. The van der Waals surface area contributed by atoms with E-state index in [1.807, 2.05) is 13.8 Å². The molecule has 0 aliphatic rings. The number of aryl methyl sites for hydroxylation is 2. The molecule has 0 radical (unpaired) electrons. The van der Waals surface area contributed by atoms with Crippen LogP contribution in [0.5, 0.6) is 0 Å². The third-order valence-corrected chi connectivity index (χ3v) is 6.03. The van der Waals surface area contributed by atoms with E-state index in [9.17, 15) is 17.6 Å². The van der Waals surface area contributed by atoms with E-state index in [-0.39, 0.29) is 17.0 Å². The van der Waals surface area contributed by atoms with E-state index < -0.39 is 21.7 Å². The molecule has 0 aliphatic heterocycles. The van der Waals surface area contributed by atoms with Gasteiger partial charge >= 0.3 is 0 Å². The van der Waals surface area contributed by atoms with Crippen LogP contribution < -0.4 is 10.0 Å². The molecule has 0 aliphatic carbocycles. The van der Waals surface area contributed by atoms with E-state index >= 15 is 0 Å². The number of hydrogen-bond acceptors (Lipinski definition) is 6. The molecule has 0 bridgehead atoms. The number of nitrogens with zero attached hydrogens (tertiary/aromatic N) is 1. The van der Waals surface area contributed by atoms with Gasteiger partial charge in [0.05, 0.1) is 23.2 Å². The Morgan fingerprint density at radius 3 is 2.41 bits per heavy atom. The summed E-state index contributed by atoms with van der Waals surface area (Å²) >= 11 is 0. The Morgan fingerprint density at radius 1 is 1.12 bits per heavy atom. The van der Waals surface area contributed by atoms with Crippen LogP contribution in [-0.2, 0) is 22.9 Å². The maximum Gasteiger partial charge on any atom is 0.255 e. The van der Waals surface area contributed by atoms with E-state index in [1.54, 1.807) is 6.07 Å². The zero-order valence-corrected chi connectivity index (χ0v) is 20.0. The first-order valence-electron chi connectivity index (χ1n) is 10.7. The molecule has 0 fully saturated rings. The zero-order valence-electron chi connectivity index (χ0n) is 19.2. The molecule has 10 heteroatoms. The van der Waals surface area contributed by atoms with Crippen molar-refractivity contribution in [2.45, 2.75) is 26.7 Å². The summed E-state index contributed by atoms with van der Waals surface area (Å²) in [5.41, 5.74) is 3.17. The lowest BCUT2D eigenvalue weighted by atomic mass is 9.96. The highest BCUT2D eigenvalue weighted by atomic mass is 32.2. The monoisotopic (exact) mass is 485 g/mol. The molecule has 0 saturated carbocycles. The molecule has 0 spiro atoms. The second-order valence-electron chi connectivity index (χ2n) is 7.79. The van der Waals surface area contributed by atoms with Gasteiger partial charge in [-0.15, -0.1) is 0 Å². The number of fused-ring (bicyclic) bond motifs is 1. The van der Waals surface area contributed by atoms with Crippen molar-refractivity contribution in [2.75, 3.05) is 18.0 Å². The van der Waals surface area contributed by atoms with Gasteiger partial charge in [0.2, 0.25) is 10.0 Å². The van der Waals surface area contributed by atoms with Gasteiger partial charge in [0, 0.05) is 41.6 Å². The lowest BCUT2D eigenvalue weighted by Crippen LogP contribution is -2.18. The summed E-state index contributed by atoms with van der Waals surface area (Å²) in [7, 11) is -2.14. The molecule has 0 atom stereocenters. The Hall–Kier alpha value is -3.66. The molecule has 0 unspecified atom stereocenters. The summed E-state index contributed by atoms with van der Waals surface area (Å²) in [5, 5.41) is 7.23. The molecule has 2 aromatic heterocycles. The van der Waals surface area contributed by atoms with Crippen LogP contribution in [0.25, 0.3) is 33.4 Å². The summed E-state index contributed by atoms with van der Waals surface area (Å²) in [5.74, 6) is 0.0181. The molecule has 34 heavy (non-hydrogen) atoms. The lowest BCUT2D eigenvalue weighted by molar-refractivity contribution is 0.0964. The van der Waals surface area contributed by atoms with Gasteiger partial charge in [0.15, 0.2) is 0 Å². The molecular formula is C24H24FN3O5S. The molecule has 178 valence electrons. The first-order chi connectivity index (χ1) is 16.2. The number of furan rings is 1. The highest BCUT2D eigenvalue weighted by Crippen LogP contribution is 2.42. The van der Waals surface area contributed by atoms with Crippen LogP contribution in [0, 0.1) is 5.82 Å². The molecule has 8 nitrogen and oxygen atoms in total. The largest absolute Gasteiger partial charge is 0.455 e. The van der Waals surface area contributed by atoms with Crippen molar-refractivity contribution in [1.29, 1.82) is 0 Å². The molecule has 0 saturated heterocycles. The van der Waals surface area contributed by atoms with E-state index in [0.29, 0.717) is 52.0 Å². The third-order valence-electron chi connectivity index (χ3n) is 5.44. The Kier molecular flexibility index (Phi) is 6.18. The number of amides is 1. The Bertz CT molecular complexity index is 1470. The van der Waals surface area contributed by atoms with Crippen LogP contribution in [0.2, 0.25) is 0 Å². The van der Waals surface area contributed by atoms with Crippen LogP contribution >= 0.6 is 0 Å². The first kappa shape index (κ1) is 23.5. The predicted octanol–water partition coefficient (Wildman–Crippen LogP) is 4.75. The fraction of sp³-hybridized carbons (Fsp3) is 0.250. The predicted molar refractivity (Wildman–Crippen MR) is 128 cm³/mol. The lowest BCUT2D eigenvalue weighted by Gasteiger charge is -2.12. The third kappa shape index (κ3) is 4.28. The van der Waals surface area contributed by atoms with Gasteiger partial charge in [-0.1, -0.05) is 19.0 Å². The van der Waals surface area contributed by atoms with Crippen molar-refractivity contribution in [3.05, 3.63) is 59.2 Å². The second kappa shape index (κ2) is 8.94. The van der Waals surface area contributed by atoms with Crippen LogP contribution in [0.4, 0.5) is 10.1 Å². The minimum atomic E-state index is -3.64. The van der Waals surface area contributed by atoms with Crippen molar-refractivity contribution in [3.63, 3.8) is 0 Å².